The number of nitrogens with zero attached hydrogens (tertiary/aromatic N) is 3. The zero-order valence-electron chi connectivity index (χ0n) is 8.91. The average molecular weight is 312 g/mol. The first-order valence-electron chi connectivity index (χ1n) is 4.75. The maximum Gasteiger partial charge on any atom is 0.145 e. The smallest absolute Gasteiger partial charge is 0.145 e. The Balaban J connectivity index is 2.66. The molecule has 1 aromatic carbocycles. The van der Waals surface area contributed by atoms with E-state index in [2.05, 4.69) is 21.0 Å². The lowest BCUT2D eigenvalue weighted by Gasteiger charge is -2.09. The molecule has 0 saturated heterocycles. The predicted molar refractivity (Wildman–Crippen MR) is 70.1 cm³/mol. The summed E-state index contributed by atoms with van der Waals surface area (Å²) in [4.78, 5) is 0. The molecule has 0 aliphatic carbocycles. The van der Waals surface area contributed by atoms with Crippen LogP contribution in [0.25, 0.3) is 5.69 Å². The van der Waals surface area contributed by atoms with Crippen molar-refractivity contribution in [3.8, 4) is 11.8 Å². The second-order valence-corrected chi connectivity index (χ2v) is 4.70. The van der Waals surface area contributed by atoms with Gasteiger partial charge in [-0.05, 0) is 24.6 Å². The van der Waals surface area contributed by atoms with Gasteiger partial charge < -0.3 is 5.73 Å². The van der Waals surface area contributed by atoms with Crippen molar-refractivity contribution < 1.29 is 0 Å². The van der Waals surface area contributed by atoms with E-state index < -0.39 is 0 Å². The van der Waals surface area contributed by atoms with E-state index in [1.54, 1.807) is 6.07 Å². The molecule has 0 aliphatic heterocycles. The summed E-state index contributed by atoms with van der Waals surface area (Å²) in [5, 5.41) is 13.4. The largest absolute Gasteiger partial charge is 0.382 e. The number of nitrogens with two attached hydrogens (primary N) is 1. The highest BCUT2D eigenvalue weighted by atomic mass is 79.9. The van der Waals surface area contributed by atoms with E-state index in [4.69, 9.17) is 22.6 Å². The first-order valence-corrected chi connectivity index (χ1v) is 5.92. The van der Waals surface area contributed by atoms with Crippen molar-refractivity contribution in [1.82, 2.24) is 9.78 Å². The fraction of sp³-hybridized carbons (Fsp3) is 0.0909. The van der Waals surface area contributed by atoms with E-state index in [0.29, 0.717) is 16.3 Å². The third kappa shape index (κ3) is 1.90. The predicted octanol–water partition coefficient (Wildman–Crippen LogP) is 3.05. The molecule has 1 heterocycles. The maximum absolute atomic E-state index is 8.82. The quantitative estimate of drug-likeness (QED) is 0.880. The number of nitrogen functional groups attached to an aromatic ring is 1. The fourth-order valence-electron chi connectivity index (χ4n) is 1.45. The van der Waals surface area contributed by atoms with Gasteiger partial charge in [0.15, 0.2) is 0 Å². The number of halogens is 2. The monoisotopic (exact) mass is 310 g/mol. The van der Waals surface area contributed by atoms with E-state index >= 15 is 0 Å². The minimum atomic E-state index is 0.288. The molecule has 2 rings (SSSR count). The summed E-state index contributed by atoms with van der Waals surface area (Å²) in [6.07, 6.45) is 1.42. The number of rotatable bonds is 1. The Labute approximate surface area is 112 Å². The average Bonchev–Trinajstić information content (AvgIpc) is 2.68. The molecular weight excluding hydrogens is 304 g/mol. The van der Waals surface area contributed by atoms with Crippen molar-refractivity contribution in [3.05, 3.63) is 39.0 Å². The fourth-order valence-corrected chi connectivity index (χ4v) is 2.14. The zero-order chi connectivity index (χ0) is 12.6. The third-order valence-electron chi connectivity index (χ3n) is 2.45. The van der Waals surface area contributed by atoms with Crippen LogP contribution in [0.15, 0.2) is 22.8 Å². The zero-order valence-corrected chi connectivity index (χ0v) is 11.2. The molecule has 0 spiro atoms. The van der Waals surface area contributed by atoms with Crippen LogP contribution in [0, 0.1) is 18.3 Å². The van der Waals surface area contributed by atoms with Crippen LogP contribution in [-0.4, -0.2) is 9.78 Å². The summed E-state index contributed by atoms with van der Waals surface area (Å²) in [5.74, 6) is 0.288. The van der Waals surface area contributed by atoms with Gasteiger partial charge in [0.1, 0.15) is 17.5 Å². The molecule has 0 bridgehead atoms. The van der Waals surface area contributed by atoms with Crippen LogP contribution in [0.4, 0.5) is 5.82 Å². The Morgan fingerprint density at radius 2 is 2.24 bits per heavy atom. The molecule has 0 fully saturated rings. The lowest BCUT2D eigenvalue weighted by Crippen LogP contribution is -2.04. The molecule has 0 aliphatic rings. The molecule has 1 aromatic heterocycles. The number of hydrogen-bond acceptors (Lipinski definition) is 3. The van der Waals surface area contributed by atoms with Gasteiger partial charge in [-0.1, -0.05) is 27.5 Å². The summed E-state index contributed by atoms with van der Waals surface area (Å²) in [6.45, 7) is 1.89. The van der Waals surface area contributed by atoms with Crippen LogP contribution in [0.1, 0.15) is 11.1 Å². The van der Waals surface area contributed by atoms with Crippen LogP contribution in [0.5, 0.6) is 0 Å². The van der Waals surface area contributed by atoms with Crippen molar-refractivity contribution in [2.75, 3.05) is 5.73 Å². The highest BCUT2D eigenvalue weighted by Crippen LogP contribution is 2.31. The van der Waals surface area contributed by atoms with Gasteiger partial charge in [-0.25, -0.2) is 4.68 Å². The topological polar surface area (TPSA) is 67.6 Å². The van der Waals surface area contributed by atoms with Gasteiger partial charge in [0.25, 0.3) is 0 Å². The Hall–Kier alpha value is -1.51. The first-order chi connectivity index (χ1) is 8.06. The number of nitriles is 1. The normalized spacial score (nSPS) is 10.2. The summed E-state index contributed by atoms with van der Waals surface area (Å²) in [7, 11) is 0. The van der Waals surface area contributed by atoms with E-state index in [0.717, 1.165) is 10.0 Å². The van der Waals surface area contributed by atoms with Crippen molar-refractivity contribution in [1.29, 1.82) is 5.26 Å². The van der Waals surface area contributed by atoms with Gasteiger partial charge in [-0.15, -0.1) is 0 Å². The molecule has 4 nitrogen and oxygen atoms in total. The van der Waals surface area contributed by atoms with E-state index in [1.807, 2.05) is 19.1 Å². The van der Waals surface area contributed by atoms with Gasteiger partial charge in [0.05, 0.1) is 16.9 Å². The second-order valence-electron chi connectivity index (χ2n) is 3.47. The van der Waals surface area contributed by atoms with Crippen LogP contribution >= 0.6 is 27.5 Å². The van der Waals surface area contributed by atoms with Gasteiger partial charge in [-0.2, -0.15) is 10.4 Å². The van der Waals surface area contributed by atoms with E-state index in [-0.39, 0.29) is 5.82 Å². The molecule has 0 amide bonds. The van der Waals surface area contributed by atoms with Crippen molar-refractivity contribution in [2.24, 2.45) is 0 Å². The standard InChI is InChI=1S/C11H8BrClN4/c1-6-8(12)2-3-9(10(6)13)17-11(15)7(4-14)5-16-17/h2-3,5H,15H2,1H3. The maximum atomic E-state index is 8.82. The molecule has 0 unspecified atom stereocenters. The van der Waals surface area contributed by atoms with Crippen molar-refractivity contribution in [2.45, 2.75) is 6.92 Å². The highest BCUT2D eigenvalue weighted by molar-refractivity contribution is 9.10. The lowest BCUT2D eigenvalue weighted by atomic mass is 10.2. The molecule has 0 radical (unpaired) electrons. The Morgan fingerprint density at radius 3 is 2.82 bits per heavy atom. The molecular formula is C11H8BrClN4. The molecule has 2 N–H and O–H groups in total. The lowest BCUT2D eigenvalue weighted by molar-refractivity contribution is 0.889. The van der Waals surface area contributed by atoms with Gasteiger partial charge in [0.2, 0.25) is 0 Å². The van der Waals surface area contributed by atoms with Crippen molar-refractivity contribution in [3.63, 3.8) is 0 Å². The van der Waals surface area contributed by atoms with Crippen LogP contribution in [0.2, 0.25) is 5.02 Å². The molecule has 0 saturated carbocycles. The SMILES string of the molecule is Cc1c(Br)ccc(-n2ncc(C#N)c2N)c1Cl. The third-order valence-corrected chi connectivity index (χ3v) is 3.79. The number of anilines is 1. The molecule has 86 valence electrons. The van der Waals surface area contributed by atoms with Gasteiger partial charge >= 0.3 is 0 Å². The minimum Gasteiger partial charge on any atom is -0.382 e. The summed E-state index contributed by atoms with van der Waals surface area (Å²) < 4.78 is 2.37. The first kappa shape index (κ1) is 12.0. The highest BCUT2D eigenvalue weighted by Gasteiger charge is 2.13. The van der Waals surface area contributed by atoms with Crippen LogP contribution < -0.4 is 5.73 Å². The van der Waals surface area contributed by atoms with E-state index in [9.17, 15) is 0 Å². The molecule has 0 atom stereocenters. The van der Waals surface area contributed by atoms with Gasteiger partial charge in [-0.3, -0.25) is 0 Å². The summed E-state index contributed by atoms with van der Waals surface area (Å²) in [5.41, 5.74) is 7.70. The second kappa shape index (κ2) is 4.40. The number of benzene rings is 1. The Bertz CT molecular complexity index is 627. The molecule has 6 heteroatoms. The molecule has 17 heavy (non-hydrogen) atoms. The number of hydrogen-bond donors (Lipinski definition) is 1. The van der Waals surface area contributed by atoms with Crippen LogP contribution in [0.3, 0.4) is 0 Å². The van der Waals surface area contributed by atoms with E-state index in [1.165, 1.54) is 10.9 Å². The Kier molecular flexibility index (Phi) is 3.09. The Morgan fingerprint density at radius 1 is 1.53 bits per heavy atom. The summed E-state index contributed by atoms with van der Waals surface area (Å²) in [6, 6.07) is 5.63. The molecule has 2 aromatic rings. The van der Waals surface area contributed by atoms with Crippen LogP contribution in [-0.2, 0) is 0 Å². The van der Waals surface area contributed by atoms with Gasteiger partial charge in [0, 0.05) is 4.47 Å². The number of aromatic nitrogens is 2. The summed E-state index contributed by atoms with van der Waals surface area (Å²) >= 11 is 9.62. The van der Waals surface area contributed by atoms with Crippen molar-refractivity contribution >= 4 is 33.3 Å². The minimum absolute atomic E-state index is 0.288.